The standard InChI is InChI=1S/C19H19NO5/c1-22-13-6-5-11-7-15(20-14(11)10-13)18(21)12-8-16(23-2)19(25-4)17(9-12)24-3/h5-10,20H,1-4H3. The van der Waals surface area contributed by atoms with Crippen molar-refractivity contribution in [2.75, 3.05) is 28.4 Å². The number of methoxy groups -OCH3 is 4. The summed E-state index contributed by atoms with van der Waals surface area (Å²) in [5.41, 5.74) is 1.74. The van der Waals surface area contributed by atoms with Crippen LogP contribution in [0.4, 0.5) is 0 Å². The third-order valence-corrected chi connectivity index (χ3v) is 4.00. The Hall–Kier alpha value is -3.15. The Morgan fingerprint density at radius 2 is 1.52 bits per heavy atom. The number of aromatic nitrogens is 1. The predicted octanol–water partition coefficient (Wildman–Crippen LogP) is 3.43. The van der Waals surface area contributed by atoms with Gasteiger partial charge in [0.2, 0.25) is 11.5 Å². The van der Waals surface area contributed by atoms with Crippen LogP contribution in [0.5, 0.6) is 23.0 Å². The number of ketones is 1. The van der Waals surface area contributed by atoms with E-state index in [2.05, 4.69) is 4.98 Å². The molecular formula is C19H19NO5. The average molecular weight is 341 g/mol. The number of fused-ring (bicyclic) bond motifs is 1. The van der Waals surface area contributed by atoms with Crippen LogP contribution < -0.4 is 18.9 Å². The highest BCUT2D eigenvalue weighted by molar-refractivity contribution is 6.10. The van der Waals surface area contributed by atoms with Gasteiger partial charge in [0, 0.05) is 22.5 Å². The topological polar surface area (TPSA) is 69.8 Å². The molecule has 3 rings (SSSR count). The average Bonchev–Trinajstić information content (AvgIpc) is 3.08. The molecule has 0 aliphatic rings. The zero-order valence-corrected chi connectivity index (χ0v) is 14.5. The molecule has 0 unspecified atom stereocenters. The van der Waals surface area contributed by atoms with Gasteiger partial charge < -0.3 is 23.9 Å². The van der Waals surface area contributed by atoms with Crippen LogP contribution in [0.2, 0.25) is 0 Å². The molecule has 0 fully saturated rings. The Bertz CT molecular complexity index is 904. The Morgan fingerprint density at radius 3 is 2.08 bits per heavy atom. The number of carbonyl (C=O) groups excluding carboxylic acids is 1. The van der Waals surface area contributed by atoms with Gasteiger partial charge in [-0.25, -0.2) is 0 Å². The monoisotopic (exact) mass is 341 g/mol. The number of nitrogens with one attached hydrogen (secondary N) is 1. The SMILES string of the molecule is COc1ccc2cc(C(=O)c3cc(OC)c(OC)c(OC)c3)[nH]c2c1. The number of rotatable bonds is 6. The second kappa shape index (κ2) is 6.76. The van der Waals surface area contributed by atoms with Crippen LogP contribution in [0, 0.1) is 0 Å². The molecule has 0 aliphatic carbocycles. The molecule has 0 saturated carbocycles. The molecule has 0 spiro atoms. The summed E-state index contributed by atoms with van der Waals surface area (Å²) >= 11 is 0. The molecule has 1 N–H and O–H groups in total. The maximum Gasteiger partial charge on any atom is 0.209 e. The van der Waals surface area contributed by atoms with E-state index in [1.165, 1.54) is 21.3 Å². The van der Waals surface area contributed by atoms with Gasteiger partial charge in [0.1, 0.15) is 5.75 Å². The normalized spacial score (nSPS) is 10.6. The first-order valence-electron chi connectivity index (χ1n) is 7.62. The summed E-state index contributed by atoms with van der Waals surface area (Å²) in [6.45, 7) is 0. The molecule has 6 nitrogen and oxygen atoms in total. The van der Waals surface area contributed by atoms with Crippen molar-refractivity contribution >= 4 is 16.7 Å². The molecule has 3 aromatic rings. The number of ether oxygens (including phenoxy) is 4. The molecule has 0 radical (unpaired) electrons. The summed E-state index contributed by atoms with van der Waals surface area (Å²) < 4.78 is 21.1. The summed E-state index contributed by atoms with van der Waals surface area (Å²) in [6.07, 6.45) is 0. The zero-order chi connectivity index (χ0) is 18.0. The van der Waals surface area contributed by atoms with E-state index >= 15 is 0 Å². The largest absolute Gasteiger partial charge is 0.497 e. The number of hydrogen-bond donors (Lipinski definition) is 1. The number of carbonyl (C=O) groups is 1. The van der Waals surface area contributed by atoms with Crippen LogP contribution in [0.25, 0.3) is 10.9 Å². The molecule has 6 heteroatoms. The molecule has 25 heavy (non-hydrogen) atoms. The van der Waals surface area contributed by atoms with Crippen LogP contribution >= 0.6 is 0 Å². The molecular weight excluding hydrogens is 322 g/mol. The smallest absolute Gasteiger partial charge is 0.209 e. The first kappa shape index (κ1) is 16.7. The molecule has 0 atom stereocenters. The Kier molecular flexibility index (Phi) is 4.52. The molecule has 0 aliphatic heterocycles. The highest BCUT2D eigenvalue weighted by Gasteiger charge is 2.19. The van der Waals surface area contributed by atoms with Crippen LogP contribution in [-0.4, -0.2) is 39.2 Å². The van der Waals surface area contributed by atoms with E-state index in [4.69, 9.17) is 18.9 Å². The lowest BCUT2D eigenvalue weighted by Crippen LogP contribution is -2.04. The molecule has 0 amide bonds. The van der Waals surface area contributed by atoms with Gasteiger partial charge >= 0.3 is 0 Å². The molecule has 1 heterocycles. The fraction of sp³-hybridized carbons (Fsp3) is 0.211. The summed E-state index contributed by atoms with van der Waals surface area (Å²) in [7, 11) is 6.15. The van der Waals surface area contributed by atoms with Crippen LogP contribution in [-0.2, 0) is 0 Å². The summed E-state index contributed by atoms with van der Waals surface area (Å²) in [6, 6.07) is 10.7. The van der Waals surface area contributed by atoms with E-state index in [0.717, 1.165) is 16.7 Å². The van der Waals surface area contributed by atoms with Gasteiger partial charge in [0.25, 0.3) is 0 Å². The van der Waals surface area contributed by atoms with Gasteiger partial charge in [-0.15, -0.1) is 0 Å². The quantitative estimate of drug-likeness (QED) is 0.696. The molecule has 2 aromatic carbocycles. The van der Waals surface area contributed by atoms with Crippen molar-refractivity contribution in [3.8, 4) is 23.0 Å². The third-order valence-electron chi connectivity index (χ3n) is 4.00. The molecule has 1 aromatic heterocycles. The lowest BCUT2D eigenvalue weighted by Gasteiger charge is -2.13. The molecule has 130 valence electrons. The van der Waals surface area contributed by atoms with Crippen molar-refractivity contribution in [3.63, 3.8) is 0 Å². The van der Waals surface area contributed by atoms with Crippen molar-refractivity contribution in [1.82, 2.24) is 4.98 Å². The van der Waals surface area contributed by atoms with E-state index in [1.54, 1.807) is 25.3 Å². The van der Waals surface area contributed by atoms with Crippen molar-refractivity contribution in [1.29, 1.82) is 0 Å². The lowest BCUT2D eigenvalue weighted by molar-refractivity contribution is 0.103. The van der Waals surface area contributed by atoms with Gasteiger partial charge in [0.05, 0.1) is 34.1 Å². The fourth-order valence-electron chi connectivity index (χ4n) is 2.72. The van der Waals surface area contributed by atoms with Crippen LogP contribution in [0.1, 0.15) is 16.1 Å². The van der Waals surface area contributed by atoms with E-state index < -0.39 is 0 Å². The van der Waals surface area contributed by atoms with Gasteiger partial charge in [-0.1, -0.05) is 0 Å². The Balaban J connectivity index is 2.05. The fourth-order valence-corrected chi connectivity index (χ4v) is 2.72. The summed E-state index contributed by atoms with van der Waals surface area (Å²) in [5.74, 6) is 1.87. The second-order valence-corrected chi connectivity index (χ2v) is 5.38. The van der Waals surface area contributed by atoms with Gasteiger partial charge in [0.15, 0.2) is 11.5 Å². The predicted molar refractivity (Wildman–Crippen MR) is 94.4 cm³/mol. The number of aromatic amines is 1. The van der Waals surface area contributed by atoms with Crippen molar-refractivity contribution in [3.05, 3.63) is 47.7 Å². The van der Waals surface area contributed by atoms with Gasteiger partial charge in [-0.2, -0.15) is 0 Å². The minimum atomic E-state index is -0.172. The Labute approximate surface area is 145 Å². The van der Waals surface area contributed by atoms with Crippen molar-refractivity contribution in [2.24, 2.45) is 0 Å². The second-order valence-electron chi connectivity index (χ2n) is 5.38. The molecule has 0 bridgehead atoms. The first-order valence-corrected chi connectivity index (χ1v) is 7.62. The highest BCUT2D eigenvalue weighted by Crippen LogP contribution is 2.38. The van der Waals surface area contributed by atoms with E-state index in [-0.39, 0.29) is 5.78 Å². The number of hydrogen-bond acceptors (Lipinski definition) is 5. The summed E-state index contributed by atoms with van der Waals surface area (Å²) in [4.78, 5) is 16.0. The van der Waals surface area contributed by atoms with Crippen LogP contribution in [0.15, 0.2) is 36.4 Å². The minimum Gasteiger partial charge on any atom is -0.497 e. The zero-order valence-electron chi connectivity index (χ0n) is 14.5. The first-order chi connectivity index (χ1) is 12.1. The Morgan fingerprint density at radius 1 is 0.840 bits per heavy atom. The van der Waals surface area contributed by atoms with Crippen molar-refractivity contribution < 1.29 is 23.7 Å². The number of benzene rings is 2. The van der Waals surface area contributed by atoms with Gasteiger partial charge in [-0.05, 0) is 30.3 Å². The lowest BCUT2D eigenvalue weighted by atomic mass is 10.1. The van der Waals surface area contributed by atoms with Gasteiger partial charge in [-0.3, -0.25) is 4.79 Å². The number of H-pyrrole nitrogens is 1. The summed E-state index contributed by atoms with van der Waals surface area (Å²) in [5, 5.41) is 0.927. The third kappa shape index (κ3) is 2.98. The van der Waals surface area contributed by atoms with Crippen LogP contribution in [0.3, 0.4) is 0 Å². The minimum absolute atomic E-state index is 0.172. The highest BCUT2D eigenvalue weighted by atomic mass is 16.5. The maximum absolute atomic E-state index is 12.9. The maximum atomic E-state index is 12.9. The van der Waals surface area contributed by atoms with E-state index in [1.807, 2.05) is 18.2 Å². The van der Waals surface area contributed by atoms with Crippen molar-refractivity contribution in [2.45, 2.75) is 0 Å². The van der Waals surface area contributed by atoms with E-state index in [9.17, 15) is 4.79 Å². The van der Waals surface area contributed by atoms with E-state index in [0.29, 0.717) is 28.5 Å². The molecule has 0 saturated heterocycles.